The fraction of sp³-hybridized carbons (Fsp3) is 0.423. The van der Waals surface area contributed by atoms with Crippen LogP contribution in [0.4, 0.5) is 0 Å². The topological polar surface area (TPSA) is 113 Å². The summed E-state index contributed by atoms with van der Waals surface area (Å²) >= 11 is 0. The molecule has 1 saturated carbocycles. The molecule has 4 atom stereocenters. The van der Waals surface area contributed by atoms with E-state index in [1.54, 1.807) is 13.8 Å². The third-order valence-electron chi connectivity index (χ3n) is 7.81. The first-order chi connectivity index (χ1) is 15.6. The van der Waals surface area contributed by atoms with Crippen molar-refractivity contribution in [2.24, 2.45) is 17.8 Å². The van der Waals surface area contributed by atoms with Gasteiger partial charge in [0.15, 0.2) is 17.3 Å². The second-order valence-electron chi connectivity index (χ2n) is 9.81. The molecule has 4 aliphatic rings. The van der Waals surface area contributed by atoms with E-state index in [-0.39, 0.29) is 39.5 Å². The molecule has 2 bridgehead atoms. The van der Waals surface area contributed by atoms with Crippen LogP contribution in [0.25, 0.3) is 0 Å². The summed E-state index contributed by atoms with van der Waals surface area (Å²) in [5, 5.41) is 24.6. The second-order valence-corrected chi connectivity index (χ2v) is 9.81. The molecule has 1 aromatic carbocycles. The Balaban J connectivity index is 1.56. The number of nitrogens with one attached hydrogen (secondary N) is 1. The zero-order valence-electron chi connectivity index (χ0n) is 19.1. The van der Waals surface area contributed by atoms with E-state index >= 15 is 0 Å². The monoisotopic (exact) mass is 449 g/mol. The van der Waals surface area contributed by atoms with Gasteiger partial charge in [0, 0.05) is 23.9 Å². The second kappa shape index (κ2) is 7.07. The van der Waals surface area contributed by atoms with E-state index < -0.39 is 28.5 Å². The highest BCUT2D eigenvalue weighted by atomic mass is 16.5. The maximum Gasteiger partial charge on any atom is 0.194 e. The van der Waals surface area contributed by atoms with E-state index in [0.717, 1.165) is 6.42 Å². The summed E-state index contributed by atoms with van der Waals surface area (Å²) in [6.45, 7) is 6.71. The van der Waals surface area contributed by atoms with Crippen molar-refractivity contribution in [1.29, 1.82) is 0 Å². The van der Waals surface area contributed by atoms with Gasteiger partial charge < -0.3 is 20.3 Å². The number of carbonyl (C=O) groups excluding carboxylic acids is 3. The van der Waals surface area contributed by atoms with Gasteiger partial charge in [-0.05, 0) is 58.3 Å². The molecule has 0 spiro atoms. The molecule has 7 heteroatoms. The van der Waals surface area contributed by atoms with Gasteiger partial charge >= 0.3 is 0 Å². The maximum atomic E-state index is 13.8. The molecule has 7 nitrogen and oxygen atoms in total. The molecule has 5 rings (SSSR count). The molecule has 0 aromatic heterocycles. The van der Waals surface area contributed by atoms with Gasteiger partial charge in [0.25, 0.3) is 0 Å². The highest BCUT2D eigenvalue weighted by molar-refractivity contribution is 6.31. The molecule has 1 aliphatic heterocycles. The van der Waals surface area contributed by atoms with Gasteiger partial charge in [-0.2, -0.15) is 0 Å². The molecule has 0 radical (unpaired) electrons. The standard InChI is InChI=1S/C26H27NO6/c1-11-22(30)20(13(3)28)24-21(23(11)31)26(4)18(33-24)9-17(29)19(25(26)32)12(2)27-10-16-8-14-5-6-15(16)7-14/h5-6,9,14-16,27,30-31H,7-8,10H2,1-4H3/b19-12+/t14-,15-,16-,26-/m0/s1. The lowest BCUT2D eigenvalue weighted by atomic mass is 9.70. The highest BCUT2D eigenvalue weighted by Crippen LogP contribution is 2.57. The summed E-state index contributed by atoms with van der Waals surface area (Å²) in [6.07, 6.45) is 8.05. The summed E-state index contributed by atoms with van der Waals surface area (Å²) in [4.78, 5) is 39.0. The number of fused-ring (bicyclic) bond motifs is 5. The molecule has 172 valence electrons. The van der Waals surface area contributed by atoms with Gasteiger partial charge in [-0.1, -0.05) is 12.2 Å². The summed E-state index contributed by atoms with van der Waals surface area (Å²) < 4.78 is 5.79. The van der Waals surface area contributed by atoms with Gasteiger partial charge in [-0.3, -0.25) is 14.4 Å². The van der Waals surface area contributed by atoms with Crippen LogP contribution in [0.1, 0.15) is 55.1 Å². The van der Waals surface area contributed by atoms with Crippen molar-refractivity contribution >= 4 is 17.3 Å². The van der Waals surface area contributed by atoms with Crippen molar-refractivity contribution < 1.29 is 29.3 Å². The number of ketones is 3. The fourth-order valence-corrected chi connectivity index (χ4v) is 5.86. The lowest BCUT2D eigenvalue weighted by Crippen LogP contribution is -2.41. The van der Waals surface area contributed by atoms with E-state index in [0.29, 0.717) is 30.0 Å². The molecule has 1 heterocycles. The van der Waals surface area contributed by atoms with E-state index in [1.165, 1.54) is 26.3 Å². The fourth-order valence-electron chi connectivity index (χ4n) is 5.86. The Kier molecular flexibility index (Phi) is 4.61. The average molecular weight is 450 g/mol. The first kappa shape index (κ1) is 21.5. The van der Waals surface area contributed by atoms with Crippen LogP contribution in [-0.4, -0.2) is 34.1 Å². The van der Waals surface area contributed by atoms with Gasteiger partial charge in [-0.25, -0.2) is 0 Å². The zero-order valence-corrected chi connectivity index (χ0v) is 19.1. The summed E-state index contributed by atoms with van der Waals surface area (Å²) in [5.74, 6) is -0.564. The van der Waals surface area contributed by atoms with Crippen LogP contribution in [0.15, 0.2) is 35.3 Å². The number of aromatic hydroxyl groups is 2. The van der Waals surface area contributed by atoms with Crippen molar-refractivity contribution in [3.8, 4) is 17.2 Å². The van der Waals surface area contributed by atoms with Crippen molar-refractivity contribution in [3.63, 3.8) is 0 Å². The summed E-state index contributed by atoms with van der Waals surface area (Å²) in [5.41, 5.74) is -0.894. The van der Waals surface area contributed by atoms with Crippen molar-refractivity contribution in [3.05, 3.63) is 51.9 Å². The number of carbonyl (C=O) groups is 3. The van der Waals surface area contributed by atoms with Crippen LogP contribution in [0.5, 0.6) is 17.2 Å². The number of rotatable bonds is 4. The van der Waals surface area contributed by atoms with Crippen molar-refractivity contribution in [1.82, 2.24) is 5.32 Å². The molecule has 1 fully saturated rings. The molecular weight excluding hydrogens is 422 g/mol. The minimum atomic E-state index is -1.48. The number of hydrogen-bond acceptors (Lipinski definition) is 7. The normalized spacial score (nSPS) is 30.7. The molecular formula is C26H27NO6. The number of ether oxygens (including phenoxy) is 1. The molecule has 0 saturated heterocycles. The first-order valence-corrected chi connectivity index (χ1v) is 11.3. The summed E-state index contributed by atoms with van der Waals surface area (Å²) in [7, 11) is 0. The minimum Gasteiger partial charge on any atom is -0.507 e. The van der Waals surface area contributed by atoms with Crippen LogP contribution < -0.4 is 10.1 Å². The van der Waals surface area contributed by atoms with Crippen LogP contribution in [0.2, 0.25) is 0 Å². The summed E-state index contributed by atoms with van der Waals surface area (Å²) in [6, 6.07) is 0. The number of benzene rings is 1. The van der Waals surface area contributed by atoms with Crippen molar-refractivity contribution in [2.75, 3.05) is 6.54 Å². The Morgan fingerprint density at radius 2 is 1.91 bits per heavy atom. The van der Waals surface area contributed by atoms with Gasteiger partial charge in [0.05, 0.1) is 11.1 Å². The maximum absolute atomic E-state index is 13.8. The van der Waals surface area contributed by atoms with Crippen LogP contribution in [0, 0.1) is 24.7 Å². The van der Waals surface area contributed by atoms with E-state index in [2.05, 4.69) is 17.5 Å². The third kappa shape index (κ3) is 2.84. The van der Waals surface area contributed by atoms with Gasteiger partial charge in [0.2, 0.25) is 0 Å². The Bertz CT molecular complexity index is 1240. The van der Waals surface area contributed by atoms with E-state index in [1.807, 2.05) is 0 Å². The number of hydrogen-bond donors (Lipinski definition) is 3. The molecule has 33 heavy (non-hydrogen) atoms. The van der Waals surface area contributed by atoms with Gasteiger partial charge in [0.1, 0.15) is 34.0 Å². The highest BCUT2D eigenvalue weighted by Gasteiger charge is 2.56. The number of phenols is 2. The molecule has 0 unspecified atom stereocenters. The quantitative estimate of drug-likeness (QED) is 0.280. The van der Waals surface area contributed by atoms with Gasteiger partial charge in [-0.15, -0.1) is 0 Å². The molecule has 3 N–H and O–H groups in total. The lowest BCUT2D eigenvalue weighted by molar-refractivity contribution is -0.123. The SMILES string of the molecule is CC(=O)c1c(O)c(C)c(O)c2c1OC1=CC(=O)/C(=C(/C)NC[C@@H]3C[C@H]4C=C[C@H]3C4)C(=O)[C@@]12C. The third-order valence-corrected chi connectivity index (χ3v) is 7.81. The zero-order chi connectivity index (χ0) is 23.8. The van der Waals surface area contributed by atoms with E-state index in [9.17, 15) is 24.6 Å². The molecule has 3 aliphatic carbocycles. The first-order valence-electron chi connectivity index (χ1n) is 11.3. The Hall–Kier alpha value is -3.35. The Labute approximate surface area is 191 Å². The van der Waals surface area contributed by atoms with Crippen molar-refractivity contribution in [2.45, 2.75) is 46.0 Å². The van der Waals surface area contributed by atoms with Crippen LogP contribution >= 0.6 is 0 Å². The smallest absolute Gasteiger partial charge is 0.194 e. The predicted octanol–water partition coefficient (Wildman–Crippen LogP) is 3.37. The number of allylic oxidation sites excluding steroid dienone is 6. The largest absolute Gasteiger partial charge is 0.507 e. The lowest BCUT2D eigenvalue weighted by Gasteiger charge is -2.29. The number of Topliss-reactive ketones (excluding diaryl/α,β-unsaturated/α-hetero) is 2. The molecule has 0 amide bonds. The van der Waals surface area contributed by atoms with Crippen LogP contribution in [-0.2, 0) is 15.0 Å². The minimum absolute atomic E-state index is 0.0194. The molecule has 1 aromatic rings. The predicted molar refractivity (Wildman–Crippen MR) is 120 cm³/mol. The average Bonchev–Trinajstić information content (AvgIpc) is 3.44. The number of phenolic OH excluding ortho intramolecular Hbond substituents is 2. The Morgan fingerprint density at radius 3 is 2.52 bits per heavy atom. The van der Waals surface area contributed by atoms with Crippen LogP contribution in [0.3, 0.4) is 0 Å². The van der Waals surface area contributed by atoms with E-state index in [4.69, 9.17) is 4.74 Å². The Morgan fingerprint density at radius 1 is 1.18 bits per heavy atom.